The molecule has 0 radical (unpaired) electrons. The zero-order valence-electron chi connectivity index (χ0n) is 24.4. The van der Waals surface area contributed by atoms with E-state index in [0.717, 1.165) is 48.5 Å². The van der Waals surface area contributed by atoms with Gasteiger partial charge in [0.1, 0.15) is 0 Å². The maximum Gasteiger partial charge on any atom is 0.0787 e. The SMILES string of the molecule is CCCCCCCCOCC(CC[N+](C)(C)C)(CC[N+](C)(C)C)COCCCCCCCC. The predicted octanol–water partition coefficient (Wildman–Crippen LogP) is 6.92. The first-order valence-corrected chi connectivity index (χ1v) is 14.3. The summed E-state index contributed by atoms with van der Waals surface area (Å²) in [4.78, 5) is 0. The van der Waals surface area contributed by atoms with Gasteiger partial charge in [-0.15, -0.1) is 0 Å². The molecule has 4 heteroatoms. The molecule has 33 heavy (non-hydrogen) atoms. The highest BCUT2D eigenvalue weighted by molar-refractivity contribution is 4.80. The minimum absolute atomic E-state index is 0.126. The summed E-state index contributed by atoms with van der Waals surface area (Å²) in [7, 11) is 13.8. The van der Waals surface area contributed by atoms with E-state index < -0.39 is 0 Å². The first kappa shape index (κ1) is 32.8. The molecule has 4 nitrogen and oxygen atoms in total. The van der Waals surface area contributed by atoms with Crippen molar-refractivity contribution in [3.8, 4) is 0 Å². The second-order valence-corrected chi connectivity index (χ2v) is 12.7. The largest absolute Gasteiger partial charge is 0.381 e. The third-order valence-corrected chi connectivity index (χ3v) is 6.73. The van der Waals surface area contributed by atoms with Crippen molar-refractivity contribution in [3.05, 3.63) is 0 Å². The Morgan fingerprint density at radius 2 is 0.818 bits per heavy atom. The van der Waals surface area contributed by atoms with E-state index in [1.807, 2.05) is 0 Å². The van der Waals surface area contributed by atoms with E-state index in [-0.39, 0.29) is 5.41 Å². The number of unbranched alkanes of at least 4 members (excludes halogenated alkanes) is 10. The van der Waals surface area contributed by atoms with Crippen LogP contribution in [0.4, 0.5) is 0 Å². The minimum atomic E-state index is 0.126. The van der Waals surface area contributed by atoms with Gasteiger partial charge in [-0.25, -0.2) is 0 Å². The molecule has 0 heterocycles. The van der Waals surface area contributed by atoms with Gasteiger partial charge < -0.3 is 18.4 Å². The fourth-order valence-corrected chi connectivity index (χ4v) is 4.15. The van der Waals surface area contributed by atoms with Gasteiger partial charge in [-0.3, -0.25) is 0 Å². The molecule has 0 N–H and O–H groups in total. The van der Waals surface area contributed by atoms with E-state index in [0.29, 0.717) is 0 Å². The molecule has 0 aliphatic rings. The molecule has 0 aromatic carbocycles. The van der Waals surface area contributed by atoms with Crippen molar-refractivity contribution in [1.82, 2.24) is 0 Å². The van der Waals surface area contributed by atoms with E-state index in [2.05, 4.69) is 56.1 Å². The zero-order valence-corrected chi connectivity index (χ0v) is 24.4. The van der Waals surface area contributed by atoms with Gasteiger partial charge in [0, 0.05) is 31.5 Å². The van der Waals surface area contributed by atoms with Gasteiger partial charge in [0.05, 0.1) is 68.6 Å². The summed E-state index contributed by atoms with van der Waals surface area (Å²) in [5, 5.41) is 0. The lowest BCUT2D eigenvalue weighted by Crippen LogP contribution is -2.45. The molecule has 0 spiro atoms. The number of nitrogens with zero attached hydrogens (tertiary/aromatic N) is 2. The van der Waals surface area contributed by atoms with Crippen molar-refractivity contribution in [2.24, 2.45) is 5.41 Å². The second kappa shape index (κ2) is 19.1. The van der Waals surface area contributed by atoms with Crippen LogP contribution in [0.5, 0.6) is 0 Å². The lowest BCUT2D eigenvalue weighted by molar-refractivity contribution is -0.874. The van der Waals surface area contributed by atoms with Crippen LogP contribution in [0.2, 0.25) is 0 Å². The van der Waals surface area contributed by atoms with Crippen molar-refractivity contribution in [2.45, 2.75) is 104 Å². The van der Waals surface area contributed by atoms with Crippen LogP contribution >= 0.6 is 0 Å². The van der Waals surface area contributed by atoms with Gasteiger partial charge in [0.25, 0.3) is 0 Å². The van der Waals surface area contributed by atoms with Crippen molar-refractivity contribution >= 4 is 0 Å². The number of ether oxygens (including phenoxy) is 2. The van der Waals surface area contributed by atoms with Gasteiger partial charge in [0.2, 0.25) is 0 Å². The van der Waals surface area contributed by atoms with Crippen LogP contribution in [0.25, 0.3) is 0 Å². The van der Waals surface area contributed by atoms with Gasteiger partial charge in [-0.1, -0.05) is 78.1 Å². The van der Waals surface area contributed by atoms with Crippen LogP contribution in [0.1, 0.15) is 104 Å². The normalized spacial score (nSPS) is 13.1. The summed E-state index contributed by atoms with van der Waals surface area (Å²) in [5.74, 6) is 0. The highest BCUT2D eigenvalue weighted by Gasteiger charge is 2.34. The number of quaternary nitrogens is 2. The highest BCUT2D eigenvalue weighted by Crippen LogP contribution is 2.30. The highest BCUT2D eigenvalue weighted by atomic mass is 16.5. The molecule has 0 aromatic heterocycles. The molecule has 0 fully saturated rings. The smallest absolute Gasteiger partial charge is 0.0787 e. The van der Waals surface area contributed by atoms with Gasteiger partial charge in [-0.2, -0.15) is 0 Å². The van der Waals surface area contributed by atoms with Gasteiger partial charge in [-0.05, 0) is 12.8 Å². The number of hydrogen-bond acceptors (Lipinski definition) is 2. The monoisotopic (exact) mass is 472 g/mol. The third-order valence-electron chi connectivity index (χ3n) is 6.73. The third kappa shape index (κ3) is 22.1. The van der Waals surface area contributed by atoms with E-state index >= 15 is 0 Å². The molecule has 0 rings (SSSR count). The molecule has 0 saturated heterocycles. The average Bonchev–Trinajstić information content (AvgIpc) is 2.73. The lowest BCUT2D eigenvalue weighted by Gasteiger charge is -2.38. The van der Waals surface area contributed by atoms with Crippen molar-refractivity contribution < 1.29 is 18.4 Å². The van der Waals surface area contributed by atoms with Crippen LogP contribution in [0.15, 0.2) is 0 Å². The average molecular weight is 473 g/mol. The van der Waals surface area contributed by atoms with E-state index in [1.54, 1.807) is 0 Å². The van der Waals surface area contributed by atoms with Crippen molar-refractivity contribution in [2.75, 3.05) is 81.8 Å². The molecular formula is C29H64N2O2+2. The molecule has 0 unspecified atom stereocenters. The summed E-state index contributed by atoms with van der Waals surface area (Å²) in [6.07, 6.45) is 18.2. The lowest BCUT2D eigenvalue weighted by atomic mass is 9.81. The standard InChI is InChI=1S/C29H64N2O2/c1-9-11-13-15-17-19-25-32-27-29(21-23-30(3,4)5,22-24-31(6,7)8)28-33-26-20-18-16-14-12-10-2/h9-28H2,1-8H3/q+2. The Bertz CT molecular complexity index is 386. The van der Waals surface area contributed by atoms with E-state index in [1.165, 1.54) is 89.9 Å². The van der Waals surface area contributed by atoms with Crippen LogP contribution in [-0.4, -0.2) is 90.8 Å². The van der Waals surface area contributed by atoms with Crippen LogP contribution in [-0.2, 0) is 9.47 Å². The number of hydrogen-bond donors (Lipinski definition) is 0. The Morgan fingerprint density at radius 3 is 1.15 bits per heavy atom. The first-order valence-electron chi connectivity index (χ1n) is 14.3. The topological polar surface area (TPSA) is 18.5 Å². The van der Waals surface area contributed by atoms with Crippen LogP contribution in [0, 0.1) is 5.41 Å². The molecule has 0 amide bonds. The fraction of sp³-hybridized carbons (Fsp3) is 1.00. The molecular weight excluding hydrogens is 408 g/mol. The molecule has 0 aromatic rings. The number of rotatable bonds is 24. The predicted molar refractivity (Wildman–Crippen MR) is 146 cm³/mol. The maximum absolute atomic E-state index is 6.36. The molecule has 200 valence electrons. The van der Waals surface area contributed by atoms with Crippen LogP contribution in [0.3, 0.4) is 0 Å². The minimum Gasteiger partial charge on any atom is -0.381 e. The Hall–Kier alpha value is -0.160. The Labute approximate surface area is 209 Å². The van der Waals surface area contributed by atoms with Gasteiger partial charge >= 0.3 is 0 Å². The molecule has 0 aliphatic carbocycles. The van der Waals surface area contributed by atoms with Crippen LogP contribution < -0.4 is 0 Å². The Balaban J connectivity index is 4.79. The molecule has 0 saturated carbocycles. The summed E-state index contributed by atoms with van der Waals surface area (Å²) in [6, 6.07) is 0. The second-order valence-electron chi connectivity index (χ2n) is 12.7. The van der Waals surface area contributed by atoms with E-state index in [4.69, 9.17) is 9.47 Å². The van der Waals surface area contributed by atoms with E-state index in [9.17, 15) is 0 Å². The Kier molecular flexibility index (Phi) is 19.0. The van der Waals surface area contributed by atoms with Crippen molar-refractivity contribution in [1.29, 1.82) is 0 Å². The van der Waals surface area contributed by atoms with Crippen molar-refractivity contribution in [3.63, 3.8) is 0 Å². The molecule has 0 atom stereocenters. The van der Waals surface area contributed by atoms with Gasteiger partial charge in [0.15, 0.2) is 0 Å². The summed E-state index contributed by atoms with van der Waals surface area (Å²) < 4.78 is 14.7. The summed E-state index contributed by atoms with van der Waals surface area (Å²) in [5.41, 5.74) is 0.126. The Morgan fingerprint density at radius 1 is 0.485 bits per heavy atom. The first-order chi connectivity index (χ1) is 15.5. The molecule has 0 bridgehead atoms. The molecule has 0 aliphatic heterocycles. The summed E-state index contributed by atoms with van der Waals surface area (Å²) >= 11 is 0. The zero-order chi connectivity index (χ0) is 25.1. The quantitative estimate of drug-likeness (QED) is 0.112. The maximum atomic E-state index is 6.36. The fourth-order valence-electron chi connectivity index (χ4n) is 4.15. The summed E-state index contributed by atoms with van der Waals surface area (Å²) in [6.45, 7) is 10.4.